The number of anilines is 1. The first-order chi connectivity index (χ1) is 15.4. The van der Waals surface area contributed by atoms with E-state index in [1.165, 1.54) is 12.1 Å². The number of nitrogens with zero attached hydrogens (tertiary/aromatic N) is 5. The Labute approximate surface area is 184 Å². The van der Waals surface area contributed by atoms with E-state index in [0.717, 1.165) is 11.1 Å². The van der Waals surface area contributed by atoms with Crippen LogP contribution >= 0.6 is 0 Å². The summed E-state index contributed by atoms with van der Waals surface area (Å²) >= 11 is 0. The highest BCUT2D eigenvalue weighted by atomic mass is 19.1. The highest BCUT2D eigenvalue weighted by molar-refractivity contribution is 5.74. The molecule has 2 N–H and O–H groups in total. The Morgan fingerprint density at radius 1 is 1.19 bits per heavy atom. The van der Waals surface area contributed by atoms with E-state index in [0.29, 0.717) is 40.6 Å². The highest BCUT2D eigenvalue weighted by Gasteiger charge is 2.23. The molecule has 0 spiro atoms. The Morgan fingerprint density at radius 2 is 2.03 bits per heavy atom. The first-order valence-electron chi connectivity index (χ1n) is 10.4. The molecular weight excluding hydrogens is 409 g/mol. The lowest BCUT2D eigenvalue weighted by Gasteiger charge is -2.24. The SMILES string of the molecule is C=C1NC[C@H](C)Oc2c(-c3cnn(C)c3)cc(F)cc2[C@@H](C)Nc2ccn3ncc1c3n2. The normalized spacial score (nSPS) is 18.7. The van der Waals surface area contributed by atoms with Crippen molar-refractivity contribution in [2.45, 2.75) is 26.0 Å². The summed E-state index contributed by atoms with van der Waals surface area (Å²) < 4.78 is 24.5. The fourth-order valence-electron chi connectivity index (χ4n) is 3.91. The predicted molar refractivity (Wildman–Crippen MR) is 121 cm³/mol. The summed E-state index contributed by atoms with van der Waals surface area (Å²) in [7, 11) is 1.83. The Hall–Kier alpha value is -3.88. The first kappa shape index (κ1) is 20.0. The molecule has 5 rings (SSSR count). The minimum atomic E-state index is -0.343. The summed E-state index contributed by atoms with van der Waals surface area (Å²) in [6.45, 7) is 8.57. The molecule has 0 fully saturated rings. The lowest BCUT2D eigenvalue weighted by atomic mass is 9.99. The van der Waals surface area contributed by atoms with Crippen molar-refractivity contribution in [3.8, 4) is 16.9 Å². The van der Waals surface area contributed by atoms with E-state index in [2.05, 4.69) is 27.4 Å². The van der Waals surface area contributed by atoms with Crippen molar-refractivity contribution in [3.63, 3.8) is 0 Å². The van der Waals surface area contributed by atoms with Crippen molar-refractivity contribution in [3.05, 3.63) is 66.5 Å². The molecule has 0 unspecified atom stereocenters. The van der Waals surface area contributed by atoms with Crippen LogP contribution in [0.2, 0.25) is 0 Å². The van der Waals surface area contributed by atoms with Crippen molar-refractivity contribution < 1.29 is 9.13 Å². The van der Waals surface area contributed by atoms with E-state index in [9.17, 15) is 4.39 Å². The number of hydrogen-bond donors (Lipinski definition) is 2. The van der Waals surface area contributed by atoms with Crippen molar-refractivity contribution in [1.29, 1.82) is 0 Å². The molecule has 4 heterocycles. The zero-order chi connectivity index (χ0) is 22.4. The minimum Gasteiger partial charge on any atom is -0.488 e. The van der Waals surface area contributed by atoms with Crippen LogP contribution in [-0.4, -0.2) is 37.0 Å². The molecule has 1 aromatic carbocycles. The molecule has 0 radical (unpaired) electrons. The van der Waals surface area contributed by atoms with Gasteiger partial charge in [0.2, 0.25) is 0 Å². The molecule has 1 aliphatic rings. The van der Waals surface area contributed by atoms with E-state index in [-0.39, 0.29) is 18.0 Å². The quantitative estimate of drug-likeness (QED) is 0.476. The Kier molecular flexibility index (Phi) is 4.80. The first-order valence-corrected chi connectivity index (χ1v) is 10.4. The van der Waals surface area contributed by atoms with E-state index < -0.39 is 0 Å². The summed E-state index contributed by atoms with van der Waals surface area (Å²) in [5.41, 5.74) is 4.34. The molecule has 2 atom stereocenters. The third-order valence-corrected chi connectivity index (χ3v) is 5.55. The van der Waals surface area contributed by atoms with Gasteiger partial charge in [0.15, 0.2) is 5.65 Å². The van der Waals surface area contributed by atoms with Gasteiger partial charge in [-0.25, -0.2) is 13.9 Å². The predicted octanol–water partition coefficient (Wildman–Crippen LogP) is 3.78. The number of hydrogen-bond acceptors (Lipinski definition) is 6. The average molecular weight is 433 g/mol. The molecule has 1 aliphatic heterocycles. The second-order valence-corrected chi connectivity index (χ2v) is 8.07. The van der Waals surface area contributed by atoms with E-state index in [1.54, 1.807) is 21.6 Å². The lowest BCUT2D eigenvalue weighted by Crippen LogP contribution is -2.28. The van der Waals surface area contributed by atoms with Gasteiger partial charge in [-0.2, -0.15) is 10.2 Å². The van der Waals surface area contributed by atoms with Gasteiger partial charge < -0.3 is 15.4 Å². The molecule has 0 amide bonds. The molecule has 4 aromatic rings. The second-order valence-electron chi connectivity index (χ2n) is 8.07. The summed E-state index contributed by atoms with van der Waals surface area (Å²) in [4.78, 5) is 4.72. The maximum absolute atomic E-state index is 14.7. The van der Waals surface area contributed by atoms with Crippen LogP contribution < -0.4 is 15.4 Å². The van der Waals surface area contributed by atoms with Gasteiger partial charge >= 0.3 is 0 Å². The maximum atomic E-state index is 14.7. The van der Waals surface area contributed by atoms with Gasteiger partial charge in [-0.3, -0.25) is 4.68 Å². The molecular formula is C23H24FN7O. The maximum Gasteiger partial charge on any atom is 0.166 e. The Balaban J connectivity index is 1.66. The van der Waals surface area contributed by atoms with Crippen LogP contribution in [0, 0.1) is 5.82 Å². The minimum absolute atomic E-state index is 0.221. The van der Waals surface area contributed by atoms with Crippen LogP contribution in [0.4, 0.5) is 10.2 Å². The number of aromatic nitrogens is 5. The Bertz CT molecular complexity index is 1330. The summed E-state index contributed by atoms with van der Waals surface area (Å²) in [5, 5.41) is 15.3. The number of nitrogens with one attached hydrogen (secondary N) is 2. The van der Waals surface area contributed by atoms with Gasteiger partial charge in [0.05, 0.1) is 30.5 Å². The third-order valence-electron chi connectivity index (χ3n) is 5.55. The van der Waals surface area contributed by atoms with Crippen molar-refractivity contribution in [1.82, 2.24) is 29.7 Å². The number of ether oxygens (including phenoxy) is 1. The standard InChI is InChI=1S/C23H24FN7O/c1-13-9-25-14(2)20-11-27-31-6-5-21(29-23(20)31)28-15(3)18-7-17(24)8-19(22(18)32-13)16-10-26-30(4)12-16/h5-8,10-13,15,25H,2,9H2,1,3-4H3,(H,28,29)/t13-,15+/m0/s1. The van der Waals surface area contributed by atoms with E-state index >= 15 is 0 Å². The van der Waals surface area contributed by atoms with Gasteiger partial charge in [0.1, 0.15) is 23.5 Å². The molecule has 9 heteroatoms. The summed E-state index contributed by atoms with van der Waals surface area (Å²) in [6.07, 6.45) is 6.90. The van der Waals surface area contributed by atoms with Crippen LogP contribution in [-0.2, 0) is 7.05 Å². The highest BCUT2D eigenvalue weighted by Crippen LogP contribution is 2.39. The zero-order valence-electron chi connectivity index (χ0n) is 18.1. The monoisotopic (exact) mass is 433 g/mol. The van der Waals surface area contributed by atoms with Crippen molar-refractivity contribution in [2.24, 2.45) is 7.05 Å². The topological polar surface area (TPSA) is 81.3 Å². The zero-order valence-corrected chi connectivity index (χ0v) is 18.1. The number of halogens is 1. The molecule has 8 nitrogen and oxygen atoms in total. The second kappa shape index (κ2) is 7.67. The summed E-state index contributed by atoms with van der Waals surface area (Å²) in [6, 6.07) is 4.55. The Morgan fingerprint density at radius 3 is 2.81 bits per heavy atom. The van der Waals surface area contributed by atoms with Gasteiger partial charge in [0, 0.05) is 41.8 Å². The van der Waals surface area contributed by atoms with Crippen LogP contribution in [0.15, 0.2) is 49.6 Å². The molecule has 0 saturated heterocycles. The summed E-state index contributed by atoms with van der Waals surface area (Å²) in [5.74, 6) is 0.914. The molecule has 0 aliphatic carbocycles. The molecule has 32 heavy (non-hydrogen) atoms. The van der Waals surface area contributed by atoms with Crippen LogP contribution in [0.1, 0.15) is 31.0 Å². The fourth-order valence-corrected chi connectivity index (χ4v) is 3.91. The average Bonchev–Trinajstić information content (AvgIpc) is 3.38. The van der Waals surface area contributed by atoms with Crippen LogP contribution in [0.5, 0.6) is 5.75 Å². The van der Waals surface area contributed by atoms with Crippen LogP contribution in [0.3, 0.4) is 0 Å². The number of rotatable bonds is 1. The van der Waals surface area contributed by atoms with Crippen LogP contribution in [0.25, 0.3) is 22.5 Å². The largest absolute Gasteiger partial charge is 0.488 e. The smallest absolute Gasteiger partial charge is 0.166 e. The molecule has 164 valence electrons. The lowest BCUT2D eigenvalue weighted by molar-refractivity contribution is 0.221. The number of benzene rings is 1. The third kappa shape index (κ3) is 3.55. The van der Waals surface area contributed by atoms with Gasteiger partial charge in [-0.1, -0.05) is 6.58 Å². The number of fused-ring (bicyclic) bond motifs is 2. The van der Waals surface area contributed by atoms with E-state index in [1.807, 2.05) is 39.4 Å². The van der Waals surface area contributed by atoms with Crippen molar-refractivity contribution >= 4 is 17.2 Å². The fraction of sp³-hybridized carbons (Fsp3) is 0.261. The van der Waals surface area contributed by atoms with Gasteiger partial charge in [-0.15, -0.1) is 0 Å². The van der Waals surface area contributed by atoms with E-state index in [4.69, 9.17) is 9.72 Å². The van der Waals surface area contributed by atoms with Gasteiger partial charge in [0.25, 0.3) is 0 Å². The molecule has 0 saturated carbocycles. The number of aryl methyl sites for hydroxylation is 1. The molecule has 2 bridgehead atoms. The molecule has 3 aromatic heterocycles. The van der Waals surface area contributed by atoms with Crippen molar-refractivity contribution in [2.75, 3.05) is 11.9 Å². The van der Waals surface area contributed by atoms with Gasteiger partial charge in [-0.05, 0) is 32.0 Å².